The molecule has 132 valence electrons. The first-order chi connectivity index (χ1) is 11.5. The minimum absolute atomic E-state index is 0.0927. The van der Waals surface area contributed by atoms with Crippen molar-refractivity contribution in [3.63, 3.8) is 0 Å². The molecule has 2 bridgehead atoms. The molecule has 1 aliphatic heterocycles. The molecule has 4 aliphatic rings. The van der Waals surface area contributed by atoms with Crippen LogP contribution in [0.5, 0.6) is 0 Å². The maximum absolute atomic E-state index is 12.6. The number of amides is 3. The molecule has 3 saturated carbocycles. The van der Waals surface area contributed by atoms with Crippen molar-refractivity contribution in [1.29, 1.82) is 0 Å². The molecule has 0 aromatic carbocycles. The van der Waals surface area contributed by atoms with Crippen LogP contribution in [0.25, 0.3) is 0 Å². The first-order valence-corrected chi connectivity index (χ1v) is 9.63. The summed E-state index contributed by atoms with van der Waals surface area (Å²) in [5.41, 5.74) is -0.479. The van der Waals surface area contributed by atoms with E-state index in [1.807, 2.05) is 0 Å². The Bertz CT molecular complexity index is 567. The van der Waals surface area contributed by atoms with Gasteiger partial charge in [0.15, 0.2) is 0 Å². The Morgan fingerprint density at radius 3 is 2.62 bits per heavy atom. The number of hydrogen-bond acceptors (Lipinski definition) is 3. The van der Waals surface area contributed by atoms with Crippen LogP contribution in [0.3, 0.4) is 0 Å². The van der Waals surface area contributed by atoms with Crippen LogP contribution >= 0.6 is 0 Å². The van der Waals surface area contributed by atoms with Crippen molar-refractivity contribution in [2.45, 2.75) is 70.8 Å². The van der Waals surface area contributed by atoms with Crippen LogP contribution in [-0.4, -0.2) is 35.2 Å². The molecule has 1 heterocycles. The average molecular weight is 332 g/mol. The predicted molar refractivity (Wildman–Crippen MR) is 88.8 cm³/mol. The van der Waals surface area contributed by atoms with Crippen molar-refractivity contribution in [2.24, 2.45) is 23.2 Å². The van der Waals surface area contributed by atoms with Gasteiger partial charge in [0.1, 0.15) is 6.54 Å². The highest BCUT2D eigenvalue weighted by Gasteiger charge is 2.53. The third-order valence-electron chi connectivity index (χ3n) is 7.18. The molecule has 4 rings (SSSR count). The Hall–Kier alpha value is -1.39. The number of fused-ring (bicyclic) bond motifs is 2. The number of imide groups is 1. The average Bonchev–Trinajstić information content (AvgIpc) is 3.30. The maximum Gasteiger partial charge on any atom is 0.240 e. The Balaban J connectivity index is 1.34. The summed E-state index contributed by atoms with van der Waals surface area (Å²) in [6, 6.07) is 0.140. The van der Waals surface area contributed by atoms with Crippen molar-refractivity contribution >= 4 is 17.7 Å². The van der Waals surface area contributed by atoms with Crippen LogP contribution in [0.1, 0.15) is 64.7 Å². The van der Waals surface area contributed by atoms with E-state index in [-0.39, 0.29) is 30.3 Å². The zero-order chi connectivity index (χ0) is 16.9. The third kappa shape index (κ3) is 2.56. The molecular weight excluding hydrogens is 304 g/mol. The van der Waals surface area contributed by atoms with Gasteiger partial charge in [-0.2, -0.15) is 0 Å². The Labute approximate surface area is 143 Å². The van der Waals surface area contributed by atoms with Gasteiger partial charge in [-0.25, -0.2) is 0 Å². The highest BCUT2D eigenvalue weighted by atomic mass is 16.2. The van der Waals surface area contributed by atoms with Gasteiger partial charge in [-0.3, -0.25) is 19.3 Å². The molecule has 1 N–H and O–H groups in total. The summed E-state index contributed by atoms with van der Waals surface area (Å²) in [6.07, 6.45) is 9.12. The molecular formula is C19H28N2O3. The second kappa shape index (κ2) is 5.85. The lowest BCUT2D eigenvalue weighted by Gasteiger charge is -2.29. The molecule has 3 amide bonds. The number of hydrogen-bond donors (Lipinski definition) is 1. The smallest absolute Gasteiger partial charge is 0.240 e. The van der Waals surface area contributed by atoms with Gasteiger partial charge in [0, 0.05) is 12.5 Å². The predicted octanol–water partition coefficient (Wildman–Crippen LogP) is 2.25. The fraction of sp³-hybridized carbons (Fsp3) is 0.842. The first kappa shape index (κ1) is 16.1. The first-order valence-electron chi connectivity index (χ1n) is 9.63. The van der Waals surface area contributed by atoms with E-state index in [1.165, 1.54) is 30.6 Å². The van der Waals surface area contributed by atoms with Gasteiger partial charge in [-0.05, 0) is 56.8 Å². The van der Waals surface area contributed by atoms with Crippen LogP contribution in [-0.2, 0) is 14.4 Å². The molecule has 4 fully saturated rings. The van der Waals surface area contributed by atoms with E-state index in [0.717, 1.165) is 37.5 Å². The van der Waals surface area contributed by atoms with E-state index >= 15 is 0 Å². The molecule has 0 aromatic heterocycles. The number of likely N-dealkylation sites (tertiary alicyclic amines) is 1. The summed E-state index contributed by atoms with van der Waals surface area (Å²) in [5.74, 6) is 1.73. The SMILES string of the molecule is CC(NC(=O)CN1C(=O)CC2(CCCC2)C1=O)C1CC2CCC1C2. The normalized spacial score (nSPS) is 35.2. The minimum Gasteiger partial charge on any atom is -0.352 e. The van der Waals surface area contributed by atoms with Crippen LogP contribution < -0.4 is 5.32 Å². The minimum atomic E-state index is -0.479. The molecule has 5 nitrogen and oxygen atoms in total. The fourth-order valence-electron chi connectivity index (χ4n) is 5.92. The van der Waals surface area contributed by atoms with Crippen molar-refractivity contribution in [1.82, 2.24) is 10.2 Å². The summed E-state index contributed by atoms with van der Waals surface area (Å²) < 4.78 is 0. The number of carbonyl (C=O) groups is 3. The third-order valence-corrected chi connectivity index (χ3v) is 7.18. The van der Waals surface area contributed by atoms with E-state index in [0.29, 0.717) is 12.3 Å². The Kier molecular flexibility index (Phi) is 3.92. The quantitative estimate of drug-likeness (QED) is 0.803. The largest absolute Gasteiger partial charge is 0.352 e. The fourth-order valence-corrected chi connectivity index (χ4v) is 5.92. The summed E-state index contributed by atoms with van der Waals surface area (Å²) in [4.78, 5) is 38.5. The van der Waals surface area contributed by atoms with Gasteiger partial charge in [-0.15, -0.1) is 0 Å². The number of carbonyl (C=O) groups excluding carboxylic acids is 3. The number of rotatable bonds is 4. The topological polar surface area (TPSA) is 66.5 Å². The van der Waals surface area contributed by atoms with Crippen LogP contribution in [0, 0.1) is 23.2 Å². The van der Waals surface area contributed by atoms with E-state index in [4.69, 9.17) is 0 Å². The lowest BCUT2D eigenvalue weighted by atomic mass is 9.84. The lowest BCUT2D eigenvalue weighted by Crippen LogP contribution is -2.47. The molecule has 0 radical (unpaired) electrons. The van der Waals surface area contributed by atoms with E-state index in [2.05, 4.69) is 12.2 Å². The summed E-state index contributed by atoms with van der Waals surface area (Å²) >= 11 is 0. The van der Waals surface area contributed by atoms with Crippen molar-refractivity contribution < 1.29 is 14.4 Å². The molecule has 5 heteroatoms. The van der Waals surface area contributed by atoms with Crippen LogP contribution in [0.15, 0.2) is 0 Å². The zero-order valence-corrected chi connectivity index (χ0v) is 14.6. The van der Waals surface area contributed by atoms with Gasteiger partial charge in [0.2, 0.25) is 17.7 Å². The van der Waals surface area contributed by atoms with Gasteiger partial charge < -0.3 is 5.32 Å². The van der Waals surface area contributed by atoms with Gasteiger partial charge >= 0.3 is 0 Å². The highest BCUT2D eigenvalue weighted by Crippen LogP contribution is 2.49. The van der Waals surface area contributed by atoms with Gasteiger partial charge in [0.25, 0.3) is 0 Å². The van der Waals surface area contributed by atoms with Gasteiger partial charge in [-0.1, -0.05) is 19.3 Å². The number of nitrogens with zero attached hydrogens (tertiary/aromatic N) is 1. The van der Waals surface area contributed by atoms with Crippen LogP contribution in [0.2, 0.25) is 0 Å². The summed E-state index contributed by atoms with van der Waals surface area (Å²) in [5, 5.41) is 3.07. The number of nitrogens with one attached hydrogen (secondary N) is 1. The second-order valence-electron chi connectivity index (χ2n) is 8.64. The maximum atomic E-state index is 12.6. The van der Waals surface area contributed by atoms with Crippen molar-refractivity contribution in [3.8, 4) is 0 Å². The molecule has 4 atom stereocenters. The highest BCUT2D eigenvalue weighted by molar-refractivity contribution is 6.08. The zero-order valence-electron chi connectivity index (χ0n) is 14.6. The molecule has 3 aliphatic carbocycles. The van der Waals surface area contributed by atoms with Gasteiger partial charge in [0.05, 0.1) is 5.41 Å². The molecule has 24 heavy (non-hydrogen) atoms. The standard InChI is InChI=1S/C19H28N2O3/c1-12(15-9-13-4-5-14(15)8-13)20-16(22)11-21-17(23)10-19(18(21)24)6-2-3-7-19/h12-15H,2-11H2,1H3,(H,20,22). The molecule has 4 unspecified atom stereocenters. The van der Waals surface area contributed by atoms with Crippen molar-refractivity contribution in [2.75, 3.05) is 6.54 Å². The molecule has 0 aromatic rings. The monoisotopic (exact) mass is 332 g/mol. The van der Waals surface area contributed by atoms with E-state index in [9.17, 15) is 14.4 Å². The molecule has 1 spiro atoms. The summed E-state index contributed by atoms with van der Waals surface area (Å²) in [7, 11) is 0. The lowest BCUT2D eigenvalue weighted by molar-refractivity contribution is -0.145. The van der Waals surface area contributed by atoms with Crippen molar-refractivity contribution in [3.05, 3.63) is 0 Å². The summed E-state index contributed by atoms with van der Waals surface area (Å²) in [6.45, 7) is 1.99. The van der Waals surface area contributed by atoms with E-state index < -0.39 is 5.41 Å². The second-order valence-corrected chi connectivity index (χ2v) is 8.64. The molecule has 1 saturated heterocycles. The Morgan fingerprint density at radius 1 is 1.25 bits per heavy atom. The van der Waals surface area contributed by atoms with E-state index in [1.54, 1.807) is 0 Å². The van der Waals surface area contributed by atoms with Crippen LogP contribution in [0.4, 0.5) is 0 Å². The Morgan fingerprint density at radius 2 is 2.00 bits per heavy atom.